The van der Waals surface area contributed by atoms with E-state index in [0.29, 0.717) is 58.0 Å². The fourth-order valence-electron chi connectivity index (χ4n) is 11.3. The number of ether oxygens (including phenoxy) is 5. The van der Waals surface area contributed by atoms with Crippen LogP contribution in [0.4, 0.5) is 0 Å². The molecule has 0 aliphatic carbocycles. The molecule has 0 aromatic rings. The van der Waals surface area contributed by atoms with Crippen LogP contribution in [-0.2, 0) is 33.3 Å². The molecule has 0 saturated carbocycles. The Balaban J connectivity index is 1.30. The van der Waals surface area contributed by atoms with Crippen molar-refractivity contribution in [2.24, 2.45) is 41.4 Å². The standard InChI is InChI=1S/C46H79NO10/c1-13-33(42(51)47(16-4)17-5)35-19-18-27(6)40(54-35)31(10)38(49)30(9)39(50)34(14-2)41-28(7)26-29(8)45(55-41)23-20-36(48)46(57-45)25-24-43(12,56-46)37-21-22-44(52,15-3)32(11)53-37/h20,23,27-38,40-41,48-49,52H,13-19,21-22,24-26H2,1-12H3/t27-,28-,29+,30-,31-,32-,33+,34-,35+,36+,37+,38+,40+,41-,43-,44+,45-,46-/m0/s1. The molecule has 5 aliphatic heterocycles. The Kier molecular flexibility index (Phi) is 14.9. The number of nitrogens with zero attached hydrogens (tertiary/aromatic N) is 1. The zero-order valence-electron chi connectivity index (χ0n) is 37.4. The summed E-state index contributed by atoms with van der Waals surface area (Å²) < 4.78 is 34.0. The van der Waals surface area contributed by atoms with Crippen molar-refractivity contribution in [1.82, 2.24) is 4.90 Å². The van der Waals surface area contributed by atoms with Gasteiger partial charge in [-0.15, -0.1) is 0 Å². The predicted octanol–water partition coefficient (Wildman–Crippen LogP) is 6.97. The lowest BCUT2D eigenvalue weighted by atomic mass is 9.72. The summed E-state index contributed by atoms with van der Waals surface area (Å²) in [5.41, 5.74) is -1.62. The molecule has 328 valence electrons. The Morgan fingerprint density at radius 2 is 1.53 bits per heavy atom. The predicted molar refractivity (Wildman–Crippen MR) is 219 cm³/mol. The number of hydrogen-bond donors (Lipinski definition) is 3. The molecule has 5 aliphatic rings. The van der Waals surface area contributed by atoms with E-state index in [1.54, 1.807) is 6.08 Å². The average Bonchev–Trinajstić information content (AvgIpc) is 3.54. The maximum Gasteiger partial charge on any atom is 0.228 e. The molecular weight excluding hydrogens is 727 g/mol. The third kappa shape index (κ3) is 8.84. The van der Waals surface area contributed by atoms with Gasteiger partial charge in [-0.3, -0.25) is 9.59 Å². The van der Waals surface area contributed by atoms with E-state index in [4.69, 9.17) is 23.7 Å². The smallest absolute Gasteiger partial charge is 0.228 e. The molecule has 18 atom stereocenters. The monoisotopic (exact) mass is 806 g/mol. The van der Waals surface area contributed by atoms with Crippen molar-refractivity contribution in [2.45, 2.75) is 213 Å². The Labute approximate surface area is 343 Å². The number of aliphatic hydroxyl groups is 3. The van der Waals surface area contributed by atoms with E-state index in [1.165, 1.54) is 0 Å². The molecule has 3 N–H and O–H groups in total. The number of ketones is 1. The molecule has 2 spiro atoms. The Morgan fingerprint density at radius 3 is 2.12 bits per heavy atom. The van der Waals surface area contributed by atoms with E-state index < -0.39 is 52.9 Å². The number of amides is 1. The Morgan fingerprint density at radius 1 is 0.860 bits per heavy atom. The summed E-state index contributed by atoms with van der Waals surface area (Å²) in [5, 5.41) is 34.5. The van der Waals surface area contributed by atoms with Crippen LogP contribution in [0.25, 0.3) is 0 Å². The van der Waals surface area contributed by atoms with Gasteiger partial charge in [0.25, 0.3) is 0 Å². The number of rotatable bonds is 14. The minimum absolute atomic E-state index is 0.0297. The summed E-state index contributed by atoms with van der Waals surface area (Å²) in [7, 11) is 0. The fraction of sp³-hybridized carbons (Fsp3) is 0.913. The molecule has 4 saturated heterocycles. The van der Waals surface area contributed by atoms with Crippen molar-refractivity contribution >= 4 is 11.7 Å². The molecule has 0 aromatic heterocycles. The molecule has 1 amide bonds. The fourth-order valence-corrected chi connectivity index (χ4v) is 11.3. The normalized spacial score (nSPS) is 43.7. The number of carbonyl (C=O) groups is 2. The van der Waals surface area contributed by atoms with E-state index in [1.807, 2.05) is 73.3 Å². The number of aliphatic hydroxyl groups excluding tert-OH is 2. The first kappa shape index (κ1) is 46.6. The summed E-state index contributed by atoms with van der Waals surface area (Å²) >= 11 is 0. The van der Waals surface area contributed by atoms with Crippen molar-refractivity contribution in [3.8, 4) is 0 Å². The number of carbonyl (C=O) groups excluding carboxylic acids is 2. The van der Waals surface area contributed by atoms with Gasteiger partial charge in [-0.1, -0.05) is 55.4 Å². The van der Waals surface area contributed by atoms with Crippen molar-refractivity contribution in [1.29, 1.82) is 0 Å². The molecule has 0 aromatic carbocycles. The van der Waals surface area contributed by atoms with Gasteiger partial charge in [0.2, 0.25) is 11.7 Å². The highest BCUT2D eigenvalue weighted by Gasteiger charge is 2.63. The van der Waals surface area contributed by atoms with Gasteiger partial charge in [-0.05, 0) is 109 Å². The summed E-state index contributed by atoms with van der Waals surface area (Å²) in [6, 6.07) is 0. The molecule has 57 heavy (non-hydrogen) atoms. The highest BCUT2D eigenvalue weighted by molar-refractivity contribution is 5.84. The van der Waals surface area contributed by atoms with Crippen molar-refractivity contribution in [2.75, 3.05) is 13.1 Å². The summed E-state index contributed by atoms with van der Waals surface area (Å²) in [4.78, 5) is 29.9. The van der Waals surface area contributed by atoms with Gasteiger partial charge in [0, 0.05) is 43.2 Å². The van der Waals surface area contributed by atoms with E-state index in [9.17, 15) is 24.9 Å². The van der Waals surface area contributed by atoms with E-state index >= 15 is 0 Å². The summed E-state index contributed by atoms with van der Waals surface area (Å²) in [5.74, 6) is -4.15. The van der Waals surface area contributed by atoms with Crippen LogP contribution < -0.4 is 0 Å². The van der Waals surface area contributed by atoms with Crippen LogP contribution in [0, 0.1) is 41.4 Å². The van der Waals surface area contributed by atoms with Crippen LogP contribution in [0.3, 0.4) is 0 Å². The maximum atomic E-state index is 14.6. The molecule has 5 heterocycles. The minimum atomic E-state index is -1.36. The highest BCUT2D eigenvalue weighted by atomic mass is 16.8. The lowest BCUT2D eigenvalue weighted by Crippen LogP contribution is -2.63. The largest absolute Gasteiger partial charge is 0.392 e. The quantitative estimate of drug-likeness (QED) is 0.158. The zero-order valence-corrected chi connectivity index (χ0v) is 37.4. The van der Waals surface area contributed by atoms with Gasteiger partial charge in [-0.25, -0.2) is 0 Å². The first-order valence-electron chi connectivity index (χ1n) is 22.8. The van der Waals surface area contributed by atoms with Gasteiger partial charge in [0.05, 0.1) is 53.7 Å². The first-order valence-corrected chi connectivity index (χ1v) is 22.8. The third-order valence-corrected chi connectivity index (χ3v) is 15.5. The minimum Gasteiger partial charge on any atom is -0.392 e. The molecule has 5 rings (SSSR count). The van der Waals surface area contributed by atoms with Crippen LogP contribution in [0.15, 0.2) is 12.2 Å². The van der Waals surface area contributed by atoms with Crippen LogP contribution >= 0.6 is 0 Å². The molecular formula is C46H79NO10. The summed E-state index contributed by atoms with van der Waals surface area (Å²) in [6.45, 7) is 25.4. The molecule has 11 heteroatoms. The van der Waals surface area contributed by atoms with Gasteiger partial charge in [0.15, 0.2) is 5.79 Å². The third-order valence-electron chi connectivity index (χ3n) is 15.5. The van der Waals surface area contributed by atoms with Crippen LogP contribution in [-0.4, -0.2) is 111 Å². The topological polar surface area (TPSA) is 144 Å². The molecule has 0 unspecified atom stereocenters. The van der Waals surface area contributed by atoms with E-state index in [0.717, 1.165) is 19.3 Å². The van der Waals surface area contributed by atoms with Crippen molar-refractivity contribution in [3.63, 3.8) is 0 Å². The first-order chi connectivity index (χ1) is 26.8. The Bertz CT molecular complexity index is 1410. The van der Waals surface area contributed by atoms with E-state index in [2.05, 4.69) is 20.8 Å². The van der Waals surface area contributed by atoms with Crippen LogP contribution in [0.5, 0.6) is 0 Å². The maximum absolute atomic E-state index is 14.6. The molecule has 4 fully saturated rings. The highest BCUT2D eigenvalue weighted by Crippen LogP contribution is 2.54. The number of Topliss-reactive ketones (excluding diaryl/α,β-unsaturated/α-hetero) is 1. The molecule has 0 bridgehead atoms. The Hall–Kier alpha value is -1.44. The van der Waals surface area contributed by atoms with Crippen LogP contribution in [0.1, 0.15) is 147 Å². The van der Waals surface area contributed by atoms with E-state index in [-0.39, 0.29) is 65.7 Å². The van der Waals surface area contributed by atoms with Crippen molar-refractivity contribution < 1.29 is 48.6 Å². The lowest BCUT2D eigenvalue weighted by Gasteiger charge is -2.54. The molecule has 11 nitrogen and oxygen atoms in total. The zero-order chi connectivity index (χ0) is 42.2. The number of hydrogen-bond acceptors (Lipinski definition) is 10. The van der Waals surface area contributed by atoms with Gasteiger partial charge < -0.3 is 43.9 Å². The molecule has 0 radical (unpaired) electrons. The average molecular weight is 806 g/mol. The van der Waals surface area contributed by atoms with Crippen molar-refractivity contribution in [3.05, 3.63) is 12.2 Å². The van der Waals surface area contributed by atoms with Gasteiger partial charge in [0.1, 0.15) is 11.9 Å². The summed E-state index contributed by atoms with van der Waals surface area (Å²) in [6.07, 6.45) is 6.45. The van der Waals surface area contributed by atoms with Crippen LogP contribution in [0.2, 0.25) is 0 Å². The lowest BCUT2D eigenvalue weighted by molar-refractivity contribution is -0.409. The SMILES string of the molecule is CC[C@@H](C(=O)[C@@H](C)[C@@H](O)[C@H](C)[C@@H]1O[C@@H]([C@@H](CC)C(=O)N(CC)CC)CC[C@@H]1C)[C@H]1O[C@]2(C=C[C@@H](O)[C@]3(CC[C@@](C)([C@H]4CC[C@](O)(CC)[C@H](C)O4)O3)O2)[C@H](C)C[C@@H]1C. The van der Waals surface area contributed by atoms with Gasteiger partial charge >= 0.3 is 0 Å². The van der Waals surface area contributed by atoms with Gasteiger partial charge in [-0.2, -0.15) is 0 Å². The second-order valence-corrected chi connectivity index (χ2v) is 19.1. The second-order valence-electron chi connectivity index (χ2n) is 19.1. The second kappa shape index (κ2) is 18.3.